The van der Waals surface area contributed by atoms with Gasteiger partial charge in [0, 0.05) is 18.5 Å². The van der Waals surface area contributed by atoms with Crippen LogP contribution >= 0.6 is 11.3 Å². The Balaban J connectivity index is 1.57. The van der Waals surface area contributed by atoms with Gasteiger partial charge in [0.1, 0.15) is 5.01 Å². The number of nitrogens with two attached hydrogens (primary N) is 1. The predicted octanol–water partition coefficient (Wildman–Crippen LogP) is 3.17. The maximum Gasteiger partial charge on any atom is 0.109 e. The summed E-state index contributed by atoms with van der Waals surface area (Å²) < 4.78 is 0. The first-order valence-electron chi connectivity index (χ1n) is 7.64. The Bertz CT molecular complexity index is 415. The fourth-order valence-corrected chi connectivity index (χ4v) is 4.42. The van der Waals surface area contributed by atoms with E-state index in [9.17, 15) is 0 Å². The third-order valence-corrected chi connectivity index (χ3v) is 5.81. The van der Waals surface area contributed by atoms with Crippen LogP contribution in [0.25, 0.3) is 0 Å². The van der Waals surface area contributed by atoms with Gasteiger partial charge in [-0.1, -0.05) is 19.3 Å². The monoisotopic (exact) mass is 279 g/mol. The first-order valence-corrected chi connectivity index (χ1v) is 8.52. The number of aromatic nitrogens is 1. The molecule has 19 heavy (non-hydrogen) atoms. The lowest BCUT2D eigenvalue weighted by Crippen LogP contribution is -2.41. The molecule has 0 spiro atoms. The molecule has 1 saturated heterocycles. The zero-order valence-electron chi connectivity index (χ0n) is 11.8. The highest BCUT2D eigenvalue weighted by atomic mass is 32.1. The van der Waals surface area contributed by atoms with Crippen molar-refractivity contribution in [2.45, 2.75) is 51.6 Å². The van der Waals surface area contributed by atoms with Gasteiger partial charge in [-0.05, 0) is 38.1 Å². The van der Waals surface area contributed by atoms with Crippen LogP contribution in [0.3, 0.4) is 0 Å². The first kappa shape index (κ1) is 13.5. The van der Waals surface area contributed by atoms with Crippen molar-refractivity contribution in [1.29, 1.82) is 0 Å². The fraction of sp³-hybridized carbons (Fsp3) is 0.800. The van der Waals surface area contributed by atoms with Crippen molar-refractivity contribution in [3.8, 4) is 0 Å². The molecule has 1 aliphatic heterocycles. The number of nitrogens with zero attached hydrogens (tertiary/aromatic N) is 2. The Kier molecular flexibility index (Phi) is 4.20. The number of piperidine rings is 1. The van der Waals surface area contributed by atoms with E-state index in [0.29, 0.717) is 0 Å². The molecule has 3 unspecified atom stereocenters. The molecule has 3 rings (SSSR count). The summed E-state index contributed by atoms with van der Waals surface area (Å²) in [5.74, 6) is 1.97. The second kappa shape index (κ2) is 5.90. The van der Waals surface area contributed by atoms with E-state index in [0.717, 1.165) is 23.4 Å². The molecule has 1 aromatic heterocycles. The summed E-state index contributed by atoms with van der Waals surface area (Å²) in [4.78, 5) is 7.26. The lowest BCUT2D eigenvalue weighted by Gasteiger charge is -2.41. The van der Waals surface area contributed by atoms with E-state index in [-0.39, 0.29) is 6.04 Å². The van der Waals surface area contributed by atoms with Crippen LogP contribution in [-0.4, -0.2) is 23.0 Å². The SMILES string of the molecule is CC(N)c1nc(CN2CCC3CCCCC3C2)cs1. The smallest absolute Gasteiger partial charge is 0.109 e. The Morgan fingerprint density at radius 1 is 1.37 bits per heavy atom. The Morgan fingerprint density at radius 3 is 2.89 bits per heavy atom. The summed E-state index contributed by atoms with van der Waals surface area (Å²) in [6.45, 7) is 5.57. The number of fused-ring (bicyclic) bond motifs is 1. The molecule has 0 bridgehead atoms. The zero-order valence-corrected chi connectivity index (χ0v) is 12.7. The highest BCUT2D eigenvalue weighted by molar-refractivity contribution is 7.09. The third-order valence-electron chi connectivity index (χ3n) is 4.72. The molecule has 1 aromatic rings. The van der Waals surface area contributed by atoms with Gasteiger partial charge < -0.3 is 5.73 Å². The van der Waals surface area contributed by atoms with Crippen LogP contribution in [-0.2, 0) is 6.54 Å². The molecule has 0 aromatic carbocycles. The number of hydrogen-bond donors (Lipinski definition) is 1. The molecular weight excluding hydrogens is 254 g/mol. The minimum atomic E-state index is 0.0721. The van der Waals surface area contributed by atoms with E-state index in [4.69, 9.17) is 5.73 Å². The molecule has 2 aliphatic rings. The van der Waals surface area contributed by atoms with Gasteiger partial charge in [0.25, 0.3) is 0 Å². The largest absolute Gasteiger partial charge is 0.322 e. The van der Waals surface area contributed by atoms with Gasteiger partial charge in [0.2, 0.25) is 0 Å². The molecule has 2 heterocycles. The summed E-state index contributed by atoms with van der Waals surface area (Å²) in [5.41, 5.74) is 7.10. The van der Waals surface area contributed by atoms with Crippen molar-refractivity contribution in [2.75, 3.05) is 13.1 Å². The summed E-state index contributed by atoms with van der Waals surface area (Å²) in [6.07, 6.45) is 7.23. The molecular formula is C15H25N3S. The van der Waals surface area contributed by atoms with Crippen LogP contribution < -0.4 is 5.73 Å². The van der Waals surface area contributed by atoms with Crippen molar-refractivity contribution in [3.05, 3.63) is 16.1 Å². The van der Waals surface area contributed by atoms with Gasteiger partial charge >= 0.3 is 0 Å². The fourth-order valence-electron chi connectivity index (χ4n) is 3.65. The van der Waals surface area contributed by atoms with Crippen molar-refractivity contribution >= 4 is 11.3 Å². The van der Waals surface area contributed by atoms with Crippen LogP contribution in [0.15, 0.2) is 5.38 Å². The summed E-state index contributed by atoms with van der Waals surface area (Å²) in [6, 6.07) is 0.0721. The van der Waals surface area contributed by atoms with Crippen LogP contribution in [0.2, 0.25) is 0 Å². The van der Waals surface area contributed by atoms with Crippen LogP contribution in [0.5, 0.6) is 0 Å². The van der Waals surface area contributed by atoms with Gasteiger partial charge in [0.05, 0.1) is 11.7 Å². The molecule has 1 saturated carbocycles. The Morgan fingerprint density at radius 2 is 2.16 bits per heavy atom. The van der Waals surface area contributed by atoms with E-state index in [1.165, 1.54) is 50.9 Å². The van der Waals surface area contributed by atoms with Crippen LogP contribution in [0, 0.1) is 11.8 Å². The standard InChI is InChI=1S/C15H25N3S/c1-11(16)15-17-14(10-19-15)9-18-7-6-12-4-2-3-5-13(12)8-18/h10-13H,2-9,16H2,1H3. The summed E-state index contributed by atoms with van der Waals surface area (Å²) in [5, 5.41) is 3.26. The molecule has 3 nitrogen and oxygen atoms in total. The lowest BCUT2D eigenvalue weighted by molar-refractivity contribution is 0.0813. The molecule has 4 heteroatoms. The number of rotatable bonds is 3. The van der Waals surface area contributed by atoms with Crippen molar-refractivity contribution in [3.63, 3.8) is 0 Å². The molecule has 106 valence electrons. The summed E-state index contributed by atoms with van der Waals surface area (Å²) >= 11 is 1.71. The second-order valence-electron chi connectivity index (χ2n) is 6.29. The van der Waals surface area contributed by atoms with Gasteiger partial charge in [0.15, 0.2) is 0 Å². The molecule has 1 aliphatic carbocycles. The number of thiazole rings is 1. The van der Waals surface area contributed by atoms with E-state index in [1.54, 1.807) is 11.3 Å². The minimum Gasteiger partial charge on any atom is -0.322 e. The highest BCUT2D eigenvalue weighted by Gasteiger charge is 2.31. The quantitative estimate of drug-likeness (QED) is 0.924. The Hall–Kier alpha value is -0.450. The highest BCUT2D eigenvalue weighted by Crippen LogP contribution is 2.36. The molecule has 2 N–H and O–H groups in total. The van der Waals surface area contributed by atoms with E-state index in [1.807, 2.05) is 6.92 Å². The van der Waals surface area contributed by atoms with E-state index in [2.05, 4.69) is 15.3 Å². The van der Waals surface area contributed by atoms with E-state index < -0.39 is 0 Å². The molecule has 0 radical (unpaired) electrons. The average molecular weight is 279 g/mol. The topological polar surface area (TPSA) is 42.1 Å². The third kappa shape index (κ3) is 3.18. The van der Waals surface area contributed by atoms with Gasteiger partial charge in [-0.2, -0.15) is 0 Å². The van der Waals surface area contributed by atoms with Crippen molar-refractivity contribution < 1.29 is 0 Å². The van der Waals surface area contributed by atoms with Gasteiger partial charge in [-0.25, -0.2) is 4.98 Å². The van der Waals surface area contributed by atoms with Gasteiger partial charge in [-0.15, -0.1) is 11.3 Å². The second-order valence-corrected chi connectivity index (χ2v) is 7.18. The van der Waals surface area contributed by atoms with Crippen LogP contribution in [0.4, 0.5) is 0 Å². The number of likely N-dealkylation sites (tertiary alicyclic amines) is 1. The number of hydrogen-bond acceptors (Lipinski definition) is 4. The zero-order chi connectivity index (χ0) is 13.2. The lowest BCUT2D eigenvalue weighted by atomic mass is 9.75. The maximum atomic E-state index is 5.88. The normalized spacial score (nSPS) is 30.0. The maximum absolute atomic E-state index is 5.88. The molecule has 2 fully saturated rings. The van der Waals surface area contributed by atoms with Crippen LogP contribution in [0.1, 0.15) is 55.8 Å². The summed E-state index contributed by atoms with van der Waals surface area (Å²) in [7, 11) is 0. The van der Waals surface area contributed by atoms with E-state index >= 15 is 0 Å². The Labute approximate surface area is 120 Å². The first-order chi connectivity index (χ1) is 9.22. The molecule has 0 amide bonds. The van der Waals surface area contributed by atoms with Gasteiger partial charge in [-0.3, -0.25) is 4.90 Å². The minimum absolute atomic E-state index is 0.0721. The average Bonchev–Trinajstić information content (AvgIpc) is 2.87. The predicted molar refractivity (Wildman–Crippen MR) is 80.1 cm³/mol. The van der Waals surface area contributed by atoms with Crippen molar-refractivity contribution in [2.24, 2.45) is 17.6 Å². The molecule has 3 atom stereocenters. The van der Waals surface area contributed by atoms with Crippen molar-refractivity contribution in [1.82, 2.24) is 9.88 Å².